The van der Waals surface area contributed by atoms with Gasteiger partial charge in [0.1, 0.15) is 5.82 Å². The highest BCUT2D eigenvalue weighted by molar-refractivity contribution is 5.54. The van der Waals surface area contributed by atoms with E-state index in [0.29, 0.717) is 18.8 Å². The first-order valence-electron chi connectivity index (χ1n) is 6.39. The van der Waals surface area contributed by atoms with Crippen molar-refractivity contribution >= 4 is 5.69 Å². The lowest BCUT2D eigenvalue weighted by Gasteiger charge is -2.23. The fourth-order valence-electron chi connectivity index (χ4n) is 2.26. The molecule has 2 rings (SSSR count). The molecule has 0 saturated heterocycles. The Bertz CT molecular complexity index is 526. The largest absolute Gasteiger partial charge is 0.368 e. The highest BCUT2D eigenvalue weighted by Gasteiger charge is 2.12. The quantitative estimate of drug-likeness (QED) is 0.886. The van der Waals surface area contributed by atoms with Gasteiger partial charge in [-0.2, -0.15) is 0 Å². The van der Waals surface area contributed by atoms with Crippen LogP contribution in [0.15, 0.2) is 48.5 Å². The summed E-state index contributed by atoms with van der Waals surface area (Å²) in [5.41, 5.74) is 2.81. The summed E-state index contributed by atoms with van der Waals surface area (Å²) >= 11 is 0. The Morgan fingerprint density at radius 2 is 1.79 bits per heavy atom. The summed E-state index contributed by atoms with van der Waals surface area (Å²) < 4.78 is 14.1. The lowest BCUT2D eigenvalue weighted by atomic mass is 10.1. The van der Waals surface area contributed by atoms with Gasteiger partial charge >= 0.3 is 0 Å². The summed E-state index contributed by atoms with van der Waals surface area (Å²) in [7, 11) is 3.79. The van der Waals surface area contributed by atoms with Crippen LogP contribution in [0.1, 0.15) is 11.1 Å². The van der Waals surface area contributed by atoms with Gasteiger partial charge in [0.2, 0.25) is 0 Å². The van der Waals surface area contributed by atoms with E-state index < -0.39 is 0 Å². The molecular weight excluding hydrogens is 239 g/mol. The first-order valence-corrected chi connectivity index (χ1v) is 6.39. The summed E-state index contributed by atoms with van der Waals surface area (Å²) in [6.45, 7) is 1.35. The molecule has 0 spiro atoms. The van der Waals surface area contributed by atoms with Crippen molar-refractivity contribution in [2.24, 2.45) is 0 Å². The van der Waals surface area contributed by atoms with E-state index in [9.17, 15) is 4.39 Å². The topological polar surface area (TPSA) is 15.3 Å². The minimum absolute atomic E-state index is 0.175. The number of anilines is 1. The SMILES string of the molecule is CNCc1cccc(F)c1N(C)Cc1ccccc1. The second-order valence-corrected chi connectivity index (χ2v) is 4.62. The van der Waals surface area contributed by atoms with Gasteiger partial charge in [-0.3, -0.25) is 0 Å². The molecule has 0 heterocycles. The maximum atomic E-state index is 14.1. The number of nitrogens with one attached hydrogen (secondary N) is 1. The van der Waals surface area contributed by atoms with Crippen LogP contribution in [0.2, 0.25) is 0 Å². The Morgan fingerprint density at radius 1 is 1.05 bits per heavy atom. The minimum atomic E-state index is -0.175. The molecule has 2 aromatic carbocycles. The number of benzene rings is 2. The third-order valence-corrected chi connectivity index (χ3v) is 3.08. The number of para-hydroxylation sites is 1. The monoisotopic (exact) mass is 258 g/mol. The van der Waals surface area contributed by atoms with Gasteiger partial charge in [-0.15, -0.1) is 0 Å². The lowest BCUT2D eigenvalue weighted by Crippen LogP contribution is -2.21. The second-order valence-electron chi connectivity index (χ2n) is 4.62. The maximum absolute atomic E-state index is 14.1. The average Bonchev–Trinajstić information content (AvgIpc) is 2.40. The van der Waals surface area contributed by atoms with Gasteiger partial charge in [0.05, 0.1) is 5.69 Å². The molecule has 0 amide bonds. The van der Waals surface area contributed by atoms with Crippen molar-refractivity contribution in [3.63, 3.8) is 0 Å². The molecule has 0 atom stereocenters. The highest BCUT2D eigenvalue weighted by atomic mass is 19.1. The van der Waals surface area contributed by atoms with Crippen LogP contribution in [0.25, 0.3) is 0 Å². The van der Waals surface area contributed by atoms with E-state index in [-0.39, 0.29) is 5.82 Å². The van der Waals surface area contributed by atoms with E-state index in [1.54, 1.807) is 6.07 Å². The van der Waals surface area contributed by atoms with E-state index in [1.807, 2.05) is 43.3 Å². The third kappa shape index (κ3) is 3.32. The molecule has 0 aliphatic carbocycles. The Balaban J connectivity index is 2.25. The van der Waals surface area contributed by atoms with Crippen LogP contribution in [0.5, 0.6) is 0 Å². The molecule has 0 unspecified atom stereocenters. The molecule has 3 heteroatoms. The molecule has 19 heavy (non-hydrogen) atoms. The molecule has 0 radical (unpaired) electrons. The second kappa shape index (κ2) is 6.34. The minimum Gasteiger partial charge on any atom is -0.368 e. The van der Waals surface area contributed by atoms with Gasteiger partial charge in [-0.05, 0) is 24.2 Å². The Hall–Kier alpha value is -1.87. The molecule has 0 aliphatic rings. The van der Waals surface area contributed by atoms with Crippen LogP contribution in [-0.4, -0.2) is 14.1 Å². The summed E-state index contributed by atoms with van der Waals surface area (Å²) in [4.78, 5) is 1.96. The Kier molecular flexibility index (Phi) is 4.53. The molecule has 0 saturated carbocycles. The lowest BCUT2D eigenvalue weighted by molar-refractivity contribution is 0.617. The number of nitrogens with zero attached hydrogens (tertiary/aromatic N) is 1. The predicted octanol–water partition coefficient (Wildman–Crippen LogP) is 3.18. The molecule has 2 aromatic rings. The zero-order chi connectivity index (χ0) is 13.7. The van der Waals surface area contributed by atoms with E-state index >= 15 is 0 Å². The molecule has 1 N–H and O–H groups in total. The number of hydrogen-bond acceptors (Lipinski definition) is 2. The normalized spacial score (nSPS) is 10.5. The summed E-state index contributed by atoms with van der Waals surface area (Å²) in [6, 6.07) is 15.3. The zero-order valence-electron chi connectivity index (χ0n) is 11.4. The maximum Gasteiger partial charge on any atom is 0.146 e. The first kappa shape index (κ1) is 13.6. The average molecular weight is 258 g/mol. The van der Waals surface area contributed by atoms with Crippen molar-refractivity contribution in [1.82, 2.24) is 5.32 Å². The van der Waals surface area contributed by atoms with Crippen LogP contribution >= 0.6 is 0 Å². The molecule has 0 fully saturated rings. The molecule has 100 valence electrons. The van der Waals surface area contributed by atoms with E-state index in [4.69, 9.17) is 0 Å². The number of hydrogen-bond donors (Lipinski definition) is 1. The molecule has 2 nitrogen and oxygen atoms in total. The van der Waals surface area contributed by atoms with Gasteiger partial charge in [-0.25, -0.2) is 4.39 Å². The fourth-order valence-corrected chi connectivity index (χ4v) is 2.26. The molecule has 0 aliphatic heterocycles. The van der Waals surface area contributed by atoms with Crippen LogP contribution in [0.4, 0.5) is 10.1 Å². The Morgan fingerprint density at radius 3 is 2.47 bits per heavy atom. The van der Waals surface area contributed by atoms with Crippen molar-refractivity contribution in [3.05, 3.63) is 65.5 Å². The van der Waals surface area contributed by atoms with Crippen molar-refractivity contribution in [2.45, 2.75) is 13.1 Å². The third-order valence-electron chi connectivity index (χ3n) is 3.08. The van der Waals surface area contributed by atoms with Gasteiger partial charge in [0.15, 0.2) is 0 Å². The van der Waals surface area contributed by atoms with Gasteiger partial charge in [0.25, 0.3) is 0 Å². The standard InChI is InChI=1S/C16H19FN2/c1-18-11-14-9-6-10-15(17)16(14)19(2)12-13-7-4-3-5-8-13/h3-10,18H,11-12H2,1-2H3. The Labute approximate surface area is 113 Å². The van der Waals surface area contributed by atoms with Crippen molar-refractivity contribution in [1.29, 1.82) is 0 Å². The van der Waals surface area contributed by atoms with Gasteiger partial charge in [0, 0.05) is 20.1 Å². The van der Waals surface area contributed by atoms with Crippen molar-refractivity contribution < 1.29 is 4.39 Å². The predicted molar refractivity (Wildman–Crippen MR) is 77.7 cm³/mol. The fraction of sp³-hybridized carbons (Fsp3) is 0.250. The summed E-state index contributed by atoms with van der Waals surface area (Å²) in [5, 5.41) is 3.08. The molecular formula is C16H19FN2. The van der Waals surface area contributed by atoms with Crippen molar-refractivity contribution in [3.8, 4) is 0 Å². The summed E-state index contributed by atoms with van der Waals surface area (Å²) in [6.07, 6.45) is 0. The van der Waals surface area contributed by atoms with Crippen LogP contribution in [0, 0.1) is 5.82 Å². The summed E-state index contributed by atoms with van der Waals surface area (Å²) in [5.74, 6) is -0.175. The van der Waals surface area contributed by atoms with E-state index in [1.165, 1.54) is 11.6 Å². The molecule has 0 aromatic heterocycles. The molecule has 0 bridgehead atoms. The van der Waals surface area contributed by atoms with E-state index in [2.05, 4.69) is 17.4 Å². The smallest absolute Gasteiger partial charge is 0.146 e. The van der Waals surface area contributed by atoms with Crippen molar-refractivity contribution in [2.75, 3.05) is 19.0 Å². The number of rotatable bonds is 5. The van der Waals surface area contributed by atoms with Crippen LogP contribution in [0.3, 0.4) is 0 Å². The highest BCUT2D eigenvalue weighted by Crippen LogP contribution is 2.24. The number of halogens is 1. The zero-order valence-corrected chi connectivity index (χ0v) is 11.4. The van der Waals surface area contributed by atoms with Gasteiger partial charge in [-0.1, -0.05) is 42.5 Å². The van der Waals surface area contributed by atoms with E-state index in [0.717, 1.165) is 5.56 Å². The first-order chi connectivity index (χ1) is 9.22. The van der Waals surface area contributed by atoms with Gasteiger partial charge < -0.3 is 10.2 Å². The van der Waals surface area contributed by atoms with Crippen LogP contribution in [-0.2, 0) is 13.1 Å². The van der Waals surface area contributed by atoms with Crippen LogP contribution < -0.4 is 10.2 Å².